The molecule has 1 aliphatic rings. The van der Waals surface area contributed by atoms with Crippen LogP contribution in [0.3, 0.4) is 0 Å². The number of carbonyl (C=O) groups excluding carboxylic acids is 1. The second-order valence-corrected chi connectivity index (χ2v) is 9.64. The van der Waals surface area contributed by atoms with Gasteiger partial charge in [-0.3, -0.25) is 4.79 Å². The molecule has 182 valence electrons. The van der Waals surface area contributed by atoms with Gasteiger partial charge in [-0.15, -0.1) is 0 Å². The molecule has 8 nitrogen and oxygen atoms in total. The van der Waals surface area contributed by atoms with Gasteiger partial charge in [0.05, 0.1) is 36.2 Å². The quantitative estimate of drug-likeness (QED) is 0.414. The van der Waals surface area contributed by atoms with E-state index in [4.69, 9.17) is 19.6 Å². The van der Waals surface area contributed by atoms with E-state index in [1.807, 2.05) is 60.1 Å². The van der Waals surface area contributed by atoms with Crippen molar-refractivity contribution in [1.82, 2.24) is 20.1 Å². The molecule has 9 heteroatoms. The molecule has 5 rings (SSSR count). The molecule has 1 aliphatic heterocycles. The Balaban J connectivity index is 1.30. The van der Waals surface area contributed by atoms with Crippen molar-refractivity contribution in [2.45, 2.75) is 26.3 Å². The number of hydrogen-bond acceptors (Lipinski definition) is 7. The Labute approximate surface area is 208 Å². The van der Waals surface area contributed by atoms with Crippen molar-refractivity contribution in [2.75, 3.05) is 32.2 Å². The van der Waals surface area contributed by atoms with Gasteiger partial charge in [0.1, 0.15) is 11.5 Å². The minimum atomic E-state index is -0.0981. The second-order valence-electron chi connectivity index (χ2n) is 8.66. The number of amides is 1. The third kappa shape index (κ3) is 4.68. The maximum Gasteiger partial charge on any atom is 0.225 e. The van der Waals surface area contributed by atoms with Crippen LogP contribution in [0.1, 0.15) is 24.1 Å². The minimum Gasteiger partial charge on any atom is -0.497 e. The molecular formula is C26H29N5O3S. The lowest BCUT2D eigenvalue weighted by atomic mass is 9.97. The van der Waals surface area contributed by atoms with Crippen molar-refractivity contribution in [2.24, 2.45) is 5.92 Å². The van der Waals surface area contributed by atoms with Crippen LogP contribution in [-0.2, 0) is 11.3 Å². The zero-order valence-electron chi connectivity index (χ0n) is 20.2. The van der Waals surface area contributed by atoms with E-state index in [1.165, 1.54) is 0 Å². The summed E-state index contributed by atoms with van der Waals surface area (Å²) in [5.41, 5.74) is 3.71. The van der Waals surface area contributed by atoms with Crippen LogP contribution in [0.5, 0.6) is 11.5 Å². The summed E-state index contributed by atoms with van der Waals surface area (Å²) >= 11 is 1.65. The topological polar surface area (TPSA) is 81.5 Å². The third-order valence-corrected chi connectivity index (χ3v) is 7.60. The van der Waals surface area contributed by atoms with Crippen LogP contribution in [0.4, 0.5) is 5.13 Å². The zero-order chi connectivity index (χ0) is 24.4. The van der Waals surface area contributed by atoms with E-state index in [0.29, 0.717) is 13.1 Å². The molecular weight excluding hydrogens is 462 g/mol. The highest BCUT2D eigenvalue weighted by Crippen LogP contribution is 2.34. The van der Waals surface area contributed by atoms with Crippen LogP contribution in [0.2, 0.25) is 0 Å². The average molecular weight is 492 g/mol. The fraction of sp³-hybridized carbons (Fsp3) is 0.346. The molecule has 2 aromatic carbocycles. The molecule has 0 saturated carbocycles. The first-order chi connectivity index (χ1) is 17.1. The SMILES string of the molecule is COc1ccc(OC)c(CNC(=O)C2CCCN(c3nc4c(s3)c(C)nn4-c3ccccc3)C2)c1. The first-order valence-electron chi connectivity index (χ1n) is 11.7. The summed E-state index contributed by atoms with van der Waals surface area (Å²) in [5, 5.41) is 8.73. The fourth-order valence-corrected chi connectivity index (χ4v) is 5.54. The monoisotopic (exact) mass is 491 g/mol. The minimum absolute atomic E-state index is 0.0484. The van der Waals surface area contributed by atoms with Crippen LogP contribution in [0.15, 0.2) is 48.5 Å². The largest absolute Gasteiger partial charge is 0.497 e. The van der Waals surface area contributed by atoms with Gasteiger partial charge >= 0.3 is 0 Å². The Hall–Kier alpha value is -3.59. The number of hydrogen-bond donors (Lipinski definition) is 1. The molecule has 4 aromatic rings. The predicted octanol–water partition coefficient (Wildman–Crippen LogP) is 4.34. The van der Waals surface area contributed by atoms with E-state index >= 15 is 0 Å². The van der Waals surface area contributed by atoms with E-state index in [2.05, 4.69) is 10.2 Å². The molecule has 0 bridgehead atoms. The lowest BCUT2D eigenvalue weighted by Gasteiger charge is -2.31. The number of anilines is 1. The summed E-state index contributed by atoms with van der Waals surface area (Å²) in [4.78, 5) is 20.3. The number of aryl methyl sites for hydroxylation is 1. The van der Waals surface area contributed by atoms with Crippen LogP contribution >= 0.6 is 11.3 Å². The molecule has 1 N–H and O–H groups in total. The molecule has 0 radical (unpaired) electrons. The molecule has 1 atom stereocenters. The van der Waals surface area contributed by atoms with Crippen molar-refractivity contribution in [1.29, 1.82) is 0 Å². The van der Waals surface area contributed by atoms with Gasteiger partial charge < -0.3 is 19.7 Å². The number of aromatic nitrogens is 3. The van der Waals surface area contributed by atoms with Crippen LogP contribution in [-0.4, -0.2) is 48.0 Å². The summed E-state index contributed by atoms with van der Waals surface area (Å²) in [5.74, 6) is 1.42. The Morgan fingerprint density at radius 1 is 1.17 bits per heavy atom. The maximum atomic E-state index is 13.1. The summed E-state index contributed by atoms with van der Waals surface area (Å²) in [6, 6.07) is 15.7. The fourth-order valence-electron chi connectivity index (χ4n) is 4.52. The van der Waals surface area contributed by atoms with Gasteiger partial charge in [0.25, 0.3) is 0 Å². The van der Waals surface area contributed by atoms with Crippen molar-refractivity contribution >= 4 is 32.7 Å². The molecule has 1 fully saturated rings. The van der Waals surface area contributed by atoms with Crippen molar-refractivity contribution in [3.63, 3.8) is 0 Å². The van der Waals surface area contributed by atoms with E-state index in [1.54, 1.807) is 25.6 Å². The second kappa shape index (κ2) is 9.95. The first-order valence-corrected chi connectivity index (χ1v) is 12.5. The molecule has 1 amide bonds. The summed E-state index contributed by atoms with van der Waals surface area (Å²) in [6.45, 7) is 3.95. The highest BCUT2D eigenvalue weighted by molar-refractivity contribution is 7.22. The van der Waals surface area contributed by atoms with Crippen LogP contribution in [0.25, 0.3) is 16.0 Å². The van der Waals surface area contributed by atoms with E-state index in [-0.39, 0.29) is 11.8 Å². The summed E-state index contributed by atoms with van der Waals surface area (Å²) < 4.78 is 13.7. The summed E-state index contributed by atoms with van der Waals surface area (Å²) in [6.07, 6.45) is 1.81. The molecule has 35 heavy (non-hydrogen) atoms. The van der Waals surface area contributed by atoms with E-state index in [0.717, 1.165) is 63.3 Å². The number of rotatable bonds is 7. The van der Waals surface area contributed by atoms with Gasteiger partial charge in [-0.2, -0.15) is 10.1 Å². The highest BCUT2D eigenvalue weighted by Gasteiger charge is 2.28. The lowest BCUT2D eigenvalue weighted by Crippen LogP contribution is -2.43. The number of benzene rings is 2. The molecule has 2 aromatic heterocycles. The standard InChI is InChI=1S/C26H29N5O3S/c1-17-23-24(31(29-17)20-9-5-4-6-10-20)28-26(35-23)30-13-7-8-18(16-30)25(32)27-15-19-14-21(33-2)11-12-22(19)34-3/h4-6,9-12,14,18H,7-8,13,15-16H2,1-3H3,(H,27,32). The van der Waals surface area contributed by atoms with Gasteiger partial charge in [-0.1, -0.05) is 29.5 Å². The summed E-state index contributed by atoms with van der Waals surface area (Å²) in [7, 11) is 3.25. The number of fused-ring (bicyclic) bond motifs is 1. The van der Waals surface area contributed by atoms with Crippen LogP contribution in [0, 0.1) is 12.8 Å². The van der Waals surface area contributed by atoms with Crippen molar-refractivity contribution < 1.29 is 14.3 Å². The molecule has 3 heterocycles. The maximum absolute atomic E-state index is 13.1. The number of nitrogens with zero attached hydrogens (tertiary/aromatic N) is 4. The smallest absolute Gasteiger partial charge is 0.225 e. The van der Waals surface area contributed by atoms with Gasteiger partial charge in [0.2, 0.25) is 5.91 Å². The van der Waals surface area contributed by atoms with Crippen LogP contribution < -0.4 is 19.7 Å². The number of nitrogens with one attached hydrogen (secondary N) is 1. The molecule has 1 saturated heterocycles. The van der Waals surface area contributed by atoms with E-state index in [9.17, 15) is 4.79 Å². The van der Waals surface area contributed by atoms with Crippen molar-refractivity contribution in [3.05, 3.63) is 59.8 Å². The lowest BCUT2D eigenvalue weighted by molar-refractivity contribution is -0.125. The Morgan fingerprint density at radius 2 is 2.00 bits per heavy atom. The van der Waals surface area contributed by atoms with Gasteiger partial charge in [-0.25, -0.2) is 4.68 Å². The zero-order valence-corrected chi connectivity index (χ0v) is 21.0. The Kier molecular flexibility index (Phi) is 6.59. The average Bonchev–Trinajstić information content (AvgIpc) is 3.48. The number of para-hydroxylation sites is 1. The number of thiazole rings is 1. The Morgan fingerprint density at radius 3 is 2.77 bits per heavy atom. The van der Waals surface area contributed by atoms with Gasteiger partial charge in [0.15, 0.2) is 10.8 Å². The number of methoxy groups -OCH3 is 2. The highest BCUT2D eigenvalue weighted by atomic mass is 32.1. The molecule has 0 aliphatic carbocycles. The van der Waals surface area contributed by atoms with E-state index < -0.39 is 0 Å². The third-order valence-electron chi connectivity index (χ3n) is 6.38. The van der Waals surface area contributed by atoms with Gasteiger partial charge in [-0.05, 0) is 50.1 Å². The molecule has 0 spiro atoms. The number of carbonyl (C=O) groups is 1. The van der Waals surface area contributed by atoms with Gasteiger partial charge in [0, 0.05) is 25.2 Å². The normalized spacial score (nSPS) is 15.9. The van der Waals surface area contributed by atoms with Crippen molar-refractivity contribution in [3.8, 4) is 17.2 Å². The first kappa shape index (κ1) is 23.2. The number of piperidine rings is 1. The number of ether oxygens (including phenoxy) is 2. The molecule has 1 unspecified atom stereocenters. The predicted molar refractivity (Wildman–Crippen MR) is 138 cm³/mol. The Bertz CT molecular complexity index is 1330.